The summed E-state index contributed by atoms with van der Waals surface area (Å²) in [6, 6.07) is 17.3. The molecule has 0 aliphatic heterocycles. The fourth-order valence-electron chi connectivity index (χ4n) is 3.29. The lowest BCUT2D eigenvalue weighted by atomic mass is 9.72. The van der Waals surface area contributed by atoms with Crippen molar-refractivity contribution >= 4 is 11.8 Å². The number of hydrogen-bond donors (Lipinski definition) is 0. The molecule has 3 rings (SSSR count). The summed E-state index contributed by atoms with van der Waals surface area (Å²) in [4.78, 5) is 25.8. The fraction of sp³-hybridized carbons (Fsp3) is 0.333. The van der Waals surface area contributed by atoms with Crippen molar-refractivity contribution in [3.05, 3.63) is 71.3 Å². The second-order valence-electron chi connectivity index (χ2n) is 7.25. The molecule has 2 unspecified atom stereocenters. The molecule has 0 amide bonds. The Balaban J connectivity index is 2.04. The summed E-state index contributed by atoms with van der Waals surface area (Å²) in [7, 11) is 0. The average Bonchev–Trinajstić information content (AvgIpc) is 2.54. The second-order valence-corrected chi connectivity index (χ2v) is 7.25. The Morgan fingerprint density at radius 3 is 2.29 bits per heavy atom. The van der Waals surface area contributed by atoms with E-state index in [1.165, 1.54) is 0 Å². The molecule has 1 aliphatic carbocycles. The molecule has 0 radical (unpaired) electrons. The van der Waals surface area contributed by atoms with Crippen molar-refractivity contribution in [2.75, 3.05) is 0 Å². The predicted octanol–water partition coefficient (Wildman–Crippen LogP) is 4.17. The van der Waals surface area contributed by atoms with Gasteiger partial charge in [-0.05, 0) is 38.3 Å². The molecule has 0 fully saturated rings. The van der Waals surface area contributed by atoms with Crippen molar-refractivity contribution in [2.24, 2.45) is 5.92 Å². The maximum Gasteiger partial charge on any atom is 0.318 e. The summed E-state index contributed by atoms with van der Waals surface area (Å²) in [6.45, 7) is 5.47. The highest BCUT2D eigenvalue weighted by Crippen LogP contribution is 2.38. The first kappa shape index (κ1) is 16.4. The molecule has 0 saturated carbocycles. The Hall–Kier alpha value is -2.42. The zero-order chi connectivity index (χ0) is 17.3. The molecule has 24 heavy (non-hydrogen) atoms. The van der Waals surface area contributed by atoms with E-state index in [0.29, 0.717) is 12.0 Å². The van der Waals surface area contributed by atoms with Crippen molar-refractivity contribution in [3.63, 3.8) is 0 Å². The van der Waals surface area contributed by atoms with Gasteiger partial charge in [0.2, 0.25) is 0 Å². The maximum atomic E-state index is 13.0. The van der Waals surface area contributed by atoms with Gasteiger partial charge in [0.05, 0.1) is 0 Å². The third kappa shape index (κ3) is 3.25. The number of ketones is 1. The van der Waals surface area contributed by atoms with Crippen LogP contribution in [0.1, 0.15) is 48.2 Å². The smallest absolute Gasteiger partial charge is 0.318 e. The monoisotopic (exact) mass is 322 g/mol. The van der Waals surface area contributed by atoms with E-state index in [2.05, 4.69) is 0 Å². The van der Waals surface area contributed by atoms with Crippen LogP contribution in [0.4, 0.5) is 0 Å². The largest absolute Gasteiger partial charge is 0.459 e. The van der Waals surface area contributed by atoms with Gasteiger partial charge in [-0.15, -0.1) is 0 Å². The van der Waals surface area contributed by atoms with E-state index in [9.17, 15) is 9.59 Å². The van der Waals surface area contributed by atoms with Crippen molar-refractivity contribution in [3.8, 4) is 0 Å². The normalized spacial score (nSPS) is 20.4. The number of rotatable bonds is 2. The Bertz CT molecular complexity index is 756. The Morgan fingerprint density at radius 1 is 1.00 bits per heavy atom. The molecule has 124 valence electrons. The van der Waals surface area contributed by atoms with Gasteiger partial charge >= 0.3 is 5.97 Å². The van der Waals surface area contributed by atoms with Crippen molar-refractivity contribution in [1.82, 2.24) is 0 Å². The predicted molar refractivity (Wildman–Crippen MR) is 93.0 cm³/mol. The van der Waals surface area contributed by atoms with E-state index in [1.54, 1.807) is 6.07 Å². The average molecular weight is 322 g/mol. The molecule has 3 nitrogen and oxygen atoms in total. The molecule has 0 heterocycles. The first-order valence-corrected chi connectivity index (χ1v) is 8.27. The highest BCUT2D eigenvalue weighted by Gasteiger charge is 2.43. The van der Waals surface area contributed by atoms with Crippen molar-refractivity contribution in [2.45, 2.75) is 38.7 Å². The molecule has 1 aliphatic rings. The van der Waals surface area contributed by atoms with Gasteiger partial charge in [0, 0.05) is 11.5 Å². The molecule has 0 aromatic heterocycles. The van der Waals surface area contributed by atoms with Crippen LogP contribution in [0.3, 0.4) is 0 Å². The van der Waals surface area contributed by atoms with E-state index < -0.39 is 17.5 Å². The van der Waals surface area contributed by atoms with Crippen LogP contribution in [-0.4, -0.2) is 17.4 Å². The Kier molecular flexibility index (Phi) is 4.27. The van der Waals surface area contributed by atoms with Crippen LogP contribution >= 0.6 is 0 Å². The van der Waals surface area contributed by atoms with Crippen LogP contribution in [0.15, 0.2) is 54.6 Å². The highest BCUT2D eigenvalue weighted by atomic mass is 16.6. The van der Waals surface area contributed by atoms with Crippen LogP contribution in [0.2, 0.25) is 0 Å². The van der Waals surface area contributed by atoms with Crippen LogP contribution in [0, 0.1) is 5.92 Å². The third-order valence-electron chi connectivity index (χ3n) is 4.30. The number of esters is 1. The summed E-state index contributed by atoms with van der Waals surface area (Å²) in [5.74, 6) is -1.55. The van der Waals surface area contributed by atoms with E-state index in [0.717, 1.165) is 11.1 Å². The summed E-state index contributed by atoms with van der Waals surface area (Å²) >= 11 is 0. The number of hydrogen-bond acceptors (Lipinski definition) is 3. The second kappa shape index (κ2) is 6.23. The van der Waals surface area contributed by atoms with Gasteiger partial charge in [0.25, 0.3) is 0 Å². The minimum Gasteiger partial charge on any atom is -0.459 e. The number of benzene rings is 2. The molecule has 0 spiro atoms. The van der Waals surface area contributed by atoms with Gasteiger partial charge in [-0.1, -0.05) is 54.6 Å². The quantitative estimate of drug-likeness (QED) is 0.616. The van der Waals surface area contributed by atoms with E-state index in [-0.39, 0.29) is 11.7 Å². The summed E-state index contributed by atoms with van der Waals surface area (Å²) in [5, 5.41) is 0. The van der Waals surface area contributed by atoms with Gasteiger partial charge in [0.15, 0.2) is 5.78 Å². The van der Waals surface area contributed by atoms with Gasteiger partial charge < -0.3 is 4.74 Å². The molecule has 2 aromatic rings. The highest BCUT2D eigenvalue weighted by molar-refractivity contribution is 6.11. The SMILES string of the molecule is CC(C)(C)OC(=O)C1C(=O)c2ccccc2CC1c1ccccc1. The molecule has 2 aromatic carbocycles. The first-order valence-electron chi connectivity index (χ1n) is 8.27. The lowest BCUT2D eigenvalue weighted by Gasteiger charge is -2.32. The van der Waals surface area contributed by atoms with Crippen LogP contribution in [0.25, 0.3) is 0 Å². The van der Waals surface area contributed by atoms with Crippen LogP contribution in [-0.2, 0) is 16.0 Å². The van der Waals surface area contributed by atoms with E-state index in [1.807, 2.05) is 69.3 Å². The zero-order valence-electron chi connectivity index (χ0n) is 14.3. The summed E-state index contributed by atoms with van der Waals surface area (Å²) < 4.78 is 5.55. The Morgan fingerprint density at radius 2 is 1.62 bits per heavy atom. The summed E-state index contributed by atoms with van der Waals surface area (Å²) in [6.07, 6.45) is 0.663. The standard InChI is InChI=1S/C21H22O3/c1-21(2,3)24-20(23)18-17(14-9-5-4-6-10-14)13-15-11-7-8-12-16(15)19(18)22/h4-12,17-18H,13H2,1-3H3. The Labute approximate surface area is 142 Å². The molecule has 0 bridgehead atoms. The van der Waals surface area contributed by atoms with Gasteiger partial charge in [-0.3, -0.25) is 9.59 Å². The molecule has 3 heteroatoms. The van der Waals surface area contributed by atoms with Gasteiger partial charge in [0.1, 0.15) is 11.5 Å². The van der Waals surface area contributed by atoms with Gasteiger partial charge in [-0.25, -0.2) is 0 Å². The van der Waals surface area contributed by atoms with Crippen LogP contribution < -0.4 is 0 Å². The van der Waals surface area contributed by atoms with Crippen molar-refractivity contribution in [1.29, 1.82) is 0 Å². The van der Waals surface area contributed by atoms with Crippen molar-refractivity contribution < 1.29 is 14.3 Å². The third-order valence-corrected chi connectivity index (χ3v) is 4.30. The number of ether oxygens (including phenoxy) is 1. The maximum absolute atomic E-state index is 13.0. The molecule has 0 saturated heterocycles. The molecule has 2 atom stereocenters. The lowest BCUT2D eigenvalue weighted by Crippen LogP contribution is -2.40. The number of fused-ring (bicyclic) bond motifs is 1. The number of carbonyl (C=O) groups is 2. The zero-order valence-corrected chi connectivity index (χ0v) is 14.3. The van der Waals surface area contributed by atoms with Crippen LogP contribution in [0.5, 0.6) is 0 Å². The number of Topliss-reactive ketones (excluding diaryl/α,β-unsaturated/α-hetero) is 1. The van der Waals surface area contributed by atoms with E-state index in [4.69, 9.17) is 4.74 Å². The molecular formula is C21H22O3. The topological polar surface area (TPSA) is 43.4 Å². The fourth-order valence-corrected chi connectivity index (χ4v) is 3.29. The van der Waals surface area contributed by atoms with Gasteiger partial charge in [-0.2, -0.15) is 0 Å². The lowest BCUT2D eigenvalue weighted by molar-refractivity contribution is -0.158. The minimum atomic E-state index is -0.790. The minimum absolute atomic E-state index is 0.139. The number of carbonyl (C=O) groups excluding carboxylic acids is 2. The first-order chi connectivity index (χ1) is 11.4. The molecule has 0 N–H and O–H groups in total. The van der Waals surface area contributed by atoms with E-state index >= 15 is 0 Å². The summed E-state index contributed by atoms with van der Waals surface area (Å²) in [5.41, 5.74) is 2.02. The molecular weight excluding hydrogens is 300 g/mol.